The Morgan fingerprint density at radius 2 is 0.543 bits per heavy atom. The van der Waals surface area contributed by atoms with Gasteiger partial charge in [-0.05, 0) is 31.3 Å². The van der Waals surface area contributed by atoms with Gasteiger partial charge in [0.05, 0.1) is 0 Å². The normalized spacial score (nSPS) is 11.5. The predicted molar refractivity (Wildman–Crippen MR) is 211 cm³/mol. The predicted octanol–water partition coefficient (Wildman–Crippen LogP) is 8.17. The summed E-state index contributed by atoms with van der Waals surface area (Å²) in [5, 5.41) is 0. The third-order valence-electron chi connectivity index (χ3n) is 10.8. The van der Waals surface area contributed by atoms with Crippen molar-refractivity contribution in [2.45, 2.75) is 12.8 Å². The van der Waals surface area contributed by atoms with E-state index in [4.69, 9.17) is 0 Å². The van der Waals surface area contributed by atoms with E-state index in [0.717, 1.165) is 37.3 Å². The fourth-order valence-corrected chi connectivity index (χ4v) is 7.36. The Hall–Kier alpha value is -6.08. The zero-order valence-electron chi connectivity index (χ0n) is 36.0. The summed E-state index contributed by atoms with van der Waals surface area (Å²) in [7, 11) is 10.4. The number of hydrogen-bond acceptors (Lipinski definition) is 5. The first-order valence-electron chi connectivity index (χ1n) is 19.3. The van der Waals surface area contributed by atoms with Crippen LogP contribution in [0.5, 0.6) is 0 Å². The Morgan fingerprint density at radius 1 is 0.343 bits per heavy atom. The molecule has 0 bridgehead atoms. The van der Waals surface area contributed by atoms with Crippen LogP contribution in [0.25, 0.3) is 0 Å². The summed E-state index contributed by atoms with van der Waals surface area (Å²) in [6.45, 7) is 1.99. The zero-order chi connectivity index (χ0) is 51.9. The average Bonchev–Trinajstić information content (AvgIpc) is 3.32. The Balaban J connectivity index is 0.000000360. The van der Waals surface area contributed by atoms with Crippen molar-refractivity contribution in [1.82, 2.24) is 14.9 Å². The first kappa shape index (κ1) is 56.5. The van der Waals surface area contributed by atoms with E-state index in [1.165, 1.54) is 11.4 Å². The second kappa shape index (κ2) is 21.9. The number of hydrogen-bond donors (Lipinski definition) is 0. The van der Waals surface area contributed by atoms with Crippen LogP contribution in [0.4, 0.5) is 99.2 Å². The zero-order valence-corrected chi connectivity index (χ0v) is 36.9. The van der Waals surface area contributed by atoms with Crippen molar-refractivity contribution >= 4 is 39.4 Å². The van der Waals surface area contributed by atoms with E-state index in [-0.39, 0.29) is 17.1 Å². The van der Waals surface area contributed by atoms with Gasteiger partial charge in [-0.15, -0.1) is 21.9 Å². The number of rotatable bonds is 12. The molecule has 0 saturated heterocycles. The van der Waals surface area contributed by atoms with Crippen molar-refractivity contribution in [2.75, 3.05) is 58.1 Å². The molecule has 0 saturated carbocycles. The minimum absolute atomic E-state index is 0. The van der Waals surface area contributed by atoms with Crippen molar-refractivity contribution in [3.8, 4) is 0 Å². The van der Waals surface area contributed by atoms with Gasteiger partial charge < -0.3 is 14.7 Å². The summed E-state index contributed by atoms with van der Waals surface area (Å²) >= 11 is 0. The van der Waals surface area contributed by atoms with Crippen molar-refractivity contribution in [3.05, 3.63) is 164 Å². The number of likely N-dealkylation sites (N-methyl/N-ethyl adjacent to an activating group) is 1. The number of pyridine rings is 2. The molecule has 70 heavy (non-hydrogen) atoms. The molecule has 0 unspecified atom stereocenters. The van der Waals surface area contributed by atoms with Crippen LogP contribution in [-0.2, 0) is 29.9 Å². The van der Waals surface area contributed by atoms with E-state index in [9.17, 15) is 52.7 Å². The fraction of sp³-hybridized carbons (Fsp3) is 0.209. The molecule has 0 fully saturated rings. The number of aromatic nitrogens is 2. The van der Waals surface area contributed by atoms with Crippen LogP contribution in [0.1, 0.15) is 11.4 Å². The maximum atomic E-state index is 15.4. The molecule has 379 valence electrons. The first-order chi connectivity index (χ1) is 32.2. The number of anilines is 2. The molecule has 0 amide bonds. The first-order valence-corrected chi connectivity index (χ1v) is 19.3. The molecule has 2 aromatic heterocycles. The molecular weight excluding hydrogens is 1040 g/mol. The van der Waals surface area contributed by atoms with Crippen molar-refractivity contribution in [3.63, 3.8) is 0 Å². The molecular formula is C43H29BCuF20N5+. The van der Waals surface area contributed by atoms with Crippen LogP contribution in [0.2, 0.25) is 0 Å². The summed E-state index contributed by atoms with van der Waals surface area (Å²) < 4.78 is 294. The van der Waals surface area contributed by atoms with Crippen LogP contribution in [0.15, 0.2) is 36.7 Å². The largest absolute Gasteiger partial charge is 2.00 e. The summed E-state index contributed by atoms with van der Waals surface area (Å²) in [6.07, 6.45) is -1.51. The van der Waals surface area contributed by atoms with Gasteiger partial charge in [0, 0.05) is 89.3 Å². The summed E-state index contributed by atoms with van der Waals surface area (Å²) in [5.74, 6) is -71.4. The molecule has 6 aromatic rings. The maximum absolute atomic E-state index is 15.4. The molecule has 0 aliphatic heterocycles. The Morgan fingerprint density at radius 3 is 0.743 bits per heavy atom. The molecule has 0 N–H and O–H groups in total. The van der Waals surface area contributed by atoms with Crippen molar-refractivity contribution in [2.24, 2.45) is 0 Å². The SMILES string of the molecule is CN(CCc1cc(N(C)C)ccn1)CCc1cc(N(C)C)ccn1.Fc1c(F)c(F)c([B-](c2c(F)c(F)c(F)c(F)c2F)(c2c(F)c(F)c(F)c(F)c2F)c2c(F)c(F)c(F)c(F)c2F)c(F)c1F.[Cu+2]. The smallest absolute Gasteiger partial charge is 0.378 e. The molecule has 4 aromatic carbocycles. The fourth-order valence-electron chi connectivity index (χ4n) is 7.36. The second-order valence-electron chi connectivity index (χ2n) is 15.4. The van der Waals surface area contributed by atoms with Gasteiger partial charge >= 0.3 is 17.1 Å². The number of nitrogens with zero attached hydrogens (tertiary/aromatic N) is 5. The Bertz CT molecular complexity index is 2520. The van der Waals surface area contributed by atoms with Crippen LogP contribution >= 0.6 is 0 Å². The van der Waals surface area contributed by atoms with Crippen LogP contribution in [-0.4, -0.2) is 69.3 Å². The monoisotopic (exact) mass is 1070 g/mol. The Labute approximate surface area is 393 Å². The summed E-state index contributed by atoms with van der Waals surface area (Å²) in [6, 6.07) is 8.40. The van der Waals surface area contributed by atoms with E-state index in [1.54, 1.807) is 0 Å². The Kier molecular flexibility index (Phi) is 17.7. The average molecular weight is 1070 g/mol. The van der Waals surface area contributed by atoms with Crippen molar-refractivity contribution in [1.29, 1.82) is 0 Å². The van der Waals surface area contributed by atoms with Gasteiger partial charge in [-0.1, -0.05) is 0 Å². The van der Waals surface area contributed by atoms with Crippen LogP contribution in [0.3, 0.4) is 0 Å². The molecule has 5 nitrogen and oxygen atoms in total. The summed E-state index contributed by atoms with van der Waals surface area (Å²) in [5.41, 5.74) is -9.65. The summed E-state index contributed by atoms with van der Waals surface area (Å²) in [4.78, 5) is 15.5. The molecule has 1 radical (unpaired) electrons. The minimum Gasteiger partial charge on any atom is -0.378 e. The second-order valence-corrected chi connectivity index (χ2v) is 15.4. The van der Waals surface area contributed by atoms with Gasteiger partial charge in [0.15, 0.2) is 69.8 Å². The van der Waals surface area contributed by atoms with E-state index >= 15 is 35.1 Å². The van der Waals surface area contributed by atoms with Crippen LogP contribution in [0, 0.1) is 116 Å². The molecule has 0 aliphatic carbocycles. The topological polar surface area (TPSA) is 35.5 Å². The number of halogens is 20. The standard InChI is InChI=1S/C24BF20.C19H29N5.Cu/c26-5-1(6(27)14(35)21(42)13(5)34)25(2-7(28)15(36)22(43)16(37)8(2)29,3-9(30)17(38)23(44)18(39)10(3)31)4-11(32)19(40)24(45)20(41)12(4)33;1-22(2)18-6-10-20-16(14-18)8-12-24(5)13-9-17-15-19(23(3)4)7-11-21-17;/h;6-7,10-11,14-15H,8-9,12-13H2,1-5H3;/q-1;;+2. The van der Waals surface area contributed by atoms with Gasteiger partial charge in [0.2, 0.25) is 0 Å². The van der Waals surface area contributed by atoms with E-state index < -0.39 is 144 Å². The third kappa shape index (κ3) is 9.96. The molecule has 2 heterocycles. The quantitative estimate of drug-likeness (QED) is 0.0536. The van der Waals surface area contributed by atoms with Crippen molar-refractivity contribution < 1.29 is 105 Å². The van der Waals surface area contributed by atoms with Gasteiger partial charge in [0.25, 0.3) is 0 Å². The minimum atomic E-state index is -7.22. The van der Waals surface area contributed by atoms with Gasteiger partial charge in [-0.3, -0.25) is 9.97 Å². The van der Waals surface area contributed by atoms with E-state index in [0.29, 0.717) is 0 Å². The molecule has 0 spiro atoms. The molecule has 27 heteroatoms. The molecule has 6 rings (SSSR count). The van der Waals surface area contributed by atoms with Crippen LogP contribution < -0.4 is 31.7 Å². The van der Waals surface area contributed by atoms with Gasteiger partial charge in [-0.2, -0.15) is 0 Å². The molecule has 0 aliphatic rings. The van der Waals surface area contributed by atoms with E-state index in [2.05, 4.69) is 72.0 Å². The third-order valence-corrected chi connectivity index (χ3v) is 10.8. The molecule has 0 atom stereocenters. The maximum Gasteiger partial charge on any atom is 2.00 e. The number of benzene rings is 4. The van der Waals surface area contributed by atoms with Gasteiger partial charge in [-0.25, -0.2) is 87.8 Å². The van der Waals surface area contributed by atoms with E-state index in [1.807, 2.05) is 24.5 Å². The van der Waals surface area contributed by atoms with Gasteiger partial charge in [0.1, 0.15) is 52.7 Å².